The molecular formula is C16H13N5OS2. The number of nitrogens with one attached hydrogen (secondary N) is 1. The number of fused-ring (bicyclic) bond motifs is 1. The molecular weight excluding hydrogens is 342 g/mol. The minimum absolute atomic E-state index is 0.0556. The quantitative estimate of drug-likeness (QED) is 0.569. The fourth-order valence-electron chi connectivity index (χ4n) is 2.31. The highest BCUT2D eigenvalue weighted by Crippen LogP contribution is 2.22. The Morgan fingerprint density at radius 1 is 1.25 bits per heavy atom. The number of thiazole rings is 1. The molecule has 8 heteroatoms. The minimum Gasteiger partial charge on any atom is -0.269 e. The maximum absolute atomic E-state index is 12.1. The Morgan fingerprint density at radius 3 is 2.92 bits per heavy atom. The number of aromatic nitrogens is 5. The van der Waals surface area contributed by atoms with E-state index in [2.05, 4.69) is 20.2 Å². The van der Waals surface area contributed by atoms with E-state index >= 15 is 0 Å². The molecule has 0 unspecified atom stereocenters. The van der Waals surface area contributed by atoms with Crippen LogP contribution in [0.2, 0.25) is 0 Å². The molecule has 1 aromatic carbocycles. The third-order valence-electron chi connectivity index (χ3n) is 3.40. The molecule has 0 amide bonds. The Hall–Kier alpha value is -2.45. The Balaban J connectivity index is 1.53. The summed E-state index contributed by atoms with van der Waals surface area (Å²) in [4.78, 5) is 22.9. The lowest BCUT2D eigenvalue weighted by atomic mass is 10.2. The first kappa shape index (κ1) is 15.1. The van der Waals surface area contributed by atoms with Gasteiger partial charge in [-0.3, -0.25) is 14.3 Å². The van der Waals surface area contributed by atoms with Crippen molar-refractivity contribution in [2.45, 2.75) is 17.8 Å². The van der Waals surface area contributed by atoms with Gasteiger partial charge in [-0.1, -0.05) is 42.1 Å². The average Bonchev–Trinajstić information content (AvgIpc) is 3.20. The zero-order valence-corrected chi connectivity index (χ0v) is 14.4. The van der Waals surface area contributed by atoms with E-state index in [1.54, 1.807) is 10.5 Å². The second kappa shape index (κ2) is 6.21. The van der Waals surface area contributed by atoms with Gasteiger partial charge in [0.05, 0.1) is 5.69 Å². The molecule has 0 bridgehead atoms. The van der Waals surface area contributed by atoms with Gasteiger partial charge in [-0.05, 0) is 6.92 Å². The highest BCUT2D eigenvalue weighted by atomic mass is 32.2. The molecule has 0 spiro atoms. The van der Waals surface area contributed by atoms with Crippen molar-refractivity contribution in [3.05, 3.63) is 63.5 Å². The molecule has 3 heterocycles. The first-order chi connectivity index (χ1) is 11.7. The summed E-state index contributed by atoms with van der Waals surface area (Å²) in [5.74, 6) is 1.28. The van der Waals surface area contributed by atoms with Crippen molar-refractivity contribution in [2.75, 3.05) is 0 Å². The van der Waals surface area contributed by atoms with E-state index < -0.39 is 0 Å². The lowest BCUT2D eigenvalue weighted by Crippen LogP contribution is -2.12. The van der Waals surface area contributed by atoms with E-state index in [1.165, 1.54) is 23.1 Å². The van der Waals surface area contributed by atoms with E-state index in [0.29, 0.717) is 10.9 Å². The van der Waals surface area contributed by atoms with E-state index in [9.17, 15) is 4.79 Å². The van der Waals surface area contributed by atoms with Crippen molar-refractivity contribution < 1.29 is 0 Å². The summed E-state index contributed by atoms with van der Waals surface area (Å²) in [6.07, 6.45) is 1.81. The van der Waals surface area contributed by atoms with E-state index in [-0.39, 0.29) is 5.56 Å². The molecule has 24 heavy (non-hydrogen) atoms. The average molecular weight is 355 g/mol. The number of rotatable bonds is 4. The number of aromatic amines is 1. The monoisotopic (exact) mass is 355 g/mol. The maximum Gasteiger partial charge on any atom is 0.258 e. The van der Waals surface area contributed by atoms with Crippen molar-refractivity contribution in [3.63, 3.8) is 0 Å². The van der Waals surface area contributed by atoms with Crippen LogP contribution >= 0.6 is 23.1 Å². The molecule has 6 nitrogen and oxygen atoms in total. The van der Waals surface area contributed by atoms with E-state index in [0.717, 1.165) is 26.9 Å². The smallest absolute Gasteiger partial charge is 0.258 e. The van der Waals surface area contributed by atoms with Gasteiger partial charge in [0, 0.05) is 28.5 Å². The zero-order chi connectivity index (χ0) is 16.5. The number of thioether (sulfide) groups is 1. The van der Waals surface area contributed by atoms with Gasteiger partial charge in [-0.25, -0.2) is 9.97 Å². The maximum atomic E-state index is 12.1. The molecule has 1 N–H and O–H groups in total. The van der Waals surface area contributed by atoms with Crippen LogP contribution in [0.25, 0.3) is 16.3 Å². The fourth-order valence-corrected chi connectivity index (χ4v) is 3.85. The largest absolute Gasteiger partial charge is 0.269 e. The SMILES string of the molecule is Cc1cn2c(=O)cc(CSc3n[nH]c(-c4ccccc4)n3)nc2s1. The Morgan fingerprint density at radius 2 is 2.08 bits per heavy atom. The van der Waals surface area contributed by atoms with Gasteiger partial charge in [-0.2, -0.15) is 0 Å². The van der Waals surface area contributed by atoms with Crippen LogP contribution in [0.4, 0.5) is 0 Å². The number of hydrogen-bond donors (Lipinski definition) is 1. The molecule has 3 aromatic heterocycles. The summed E-state index contributed by atoms with van der Waals surface area (Å²) in [7, 11) is 0. The second-order valence-corrected chi connectivity index (χ2v) is 7.36. The molecule has 0 fully saturated rings. The van der Waals surface area contributed by atoms with Crippen molar-refractivity contribution in [1.82, 2.24) is 24.6 Å². The summed E-state index contributed by atoms with van der Waals surface area (Å²) in [5, 5.41) is 7.79. The van der Waals surface area contributed by atoms with Crippen molar-refractivity contribution in [3.8, 4) is 11.4 Å². The summed E-state index contributed by atoms with van der Waals surface area (Å²) < 4.78 is 1.58. The first-order valence-corrected chi connectivity index (χ1v) is 9.08. The number of H-pyrrole nitrogens is 1. The lowest BCUT2D eigenvalue weighted by Gasteiger charge is -1.98. The van der Waals surface area contributed by atoms with Crippen LogP contribution in [0, 0.1) is 6.92 Å². The predicted molar refractivity (Wildman–Crippen MR) is 95.5 cm³/mol. The van der Waals surface area contributed by atoms with E-state index in [4.69, 9.17) is 0 Å². The van der Waals surface area contributed by atoms with Crippen LogP contribution in [-0.2, 0) is 5.75 Å². The van der Waals surface area contributed by atoms with Gasteiger partial charge >= 0.3 is 0 Å². The van der Waals surface area contributed by atoms with Crippen LogP contribution in [0.1, 0.15) is 10.6 Å². The third kappa shape index (κ3) is 2.98. The van der Waals surface area contributed by atoms with Gasteiger partial charge in [0.1, 0.15) is 0 Å². The number of hydrogen-bond acceptors (Lipinski definition) is 6. The molecule has 4 rings (SSSR count). The molecule has 4 aromatic rings. The summed E-state index contributed by atoms with van der Waals surface area (Å²) in [6.45, 7) is 1.96. The molecule has 0 aliphatic heterocycles. The van der Waals surface area contributed by atoms with Gasteiger partial charge in [0.15, 0.2) is 10.8 Å². The first-order valence-electron chi connectivity index (χ1n) is 7.28. The van der Waals surface area contributed by atoms with Crippen molar-refractivity contribution in [2.24, 2.45) is 0 Å². The molecule has 0 radical (unpaired) electrons. The molecule has 0 saturated carbocycles. The Bertz CT molecular complexity index is 1050. The van der Waals surface area contributed by atoms with Crippen LogP contribution in [0.3, 0.4) is 0 Å². The van der Waals surface area contributed by atoms with Crippen LogP contribution in [0.5, 0.6) is 0 Å². The van der Waals surface area contributed by atoms with Crippen LogP contribution < -0.4 is 5.56 Å². The van der Waals surface area contributed by atoms with Crippen LogP contribution in [0.15, 0.2) is 52.5 Å². The summed E-state index contributed by atoms with van der Waals surface area (Å²) in [6, 6.07) is 11.4. The highest BCUT2D eigenvalue weighted by molar-refractivity contribution is 7.98. The fraction of sp³-hybridized carbons (Fsp3) is 0.125. The summed E-state index contributed by atoms with van der Waals surface area (Å²) in [5.41, 5.74) is 1.67. The zero-order valence-electron chi connectivity index (χ0n) is 12.8. The molecule has 0 saturated heterocycles. The summed E-state index contributed by atoms with van der Waals surface area (Å²) >= 11 is 2.96. The Kier molecular flexibility index (Phi) is 3.91. The minimum atomic E-state index is -0.0556. The number of aryl methyl sites for hydroxylation is 1. The highest BCUT2D eigenvalue weighted by Gasteiger charge is 2.09. The standard InChI is InChI=1S/C16H13N5OS2/c1-10-8-21-13(22)7-12(17-16(21)24-10)9-23-15-18-14(19-20-15)11-5-3-2-4-6-11/h2-8H,9H2,1H3,(H,18,19,20). The lowest BCUT2D eigenvalue weighted by molar-refractivity contribution is 0.969. The second-order valence-electron chi connectivity index (χ2n) is 5.20. The predicted octanol–water partition coefficient (Wildman–Crippen LogP) is 3.14. The Labute approximate surface area is 145 Å². The van der Waals surface area contributed by atoms with Crippen molar-refractivity contribution >= 4 is 28.1 Å². The van der Waals surface area contributed by atoms with Gasteiger partial charge in [0.2, 0.25) is 5.16 Å². The normalized spacial score (nSPS) is 11.2. The molecule has 0 atom stereocenters. The number of benzene rings is 1. The van der Waals surface area contributed by atoms with Gasteiger partial charge in [0.25, 0.3) is 5.56 Å². The van der Waals surface area contributed by atoms with Gasteiger partial charge in [-0.15, -0.1) is 16.4 Å². The molecule has 0 aliphatic rings. The van der Waals surface area contributed by atoms with E-state index in [1.807, 2.05) is 43.5 Å². The van der Waals surface area contributed by atoms with Gasteiger partial charge < -0.3 is 0 Å². The topological polar surface area (TPSA) is 75.9 Å². The van der Waals surface area contributed by atoms with Crippen LogP contribution in [-0.4, -0.2) is 24.6 Å². The molecule has 0 aliphatic carbocycles. The van der Waals surface area contributed by atoms with Crippen molar-refractivity contribution in [1.29, 1.82) is 0 Å². The third-order valence-corrected chi connectivity index (χ3v) is 5.18. The number of nitrogens with zero attached hydrogens (tertiary/aromatic N) is 4. The molecule has 120 valence electrons.